The number of hydrogen-bond acceptors (Lipinski definition) is 5. The first-order valence-corrected chi connectivity index (χ1v) is 10.7. The molecule has 0 atom stereocenters. The van der Waals surface area contributed by atoms with Gasteiger partial charge in [-0.1, -0.05) is 43.0 Å². The molecule has 1 aliphatic carbocycles. The van der Waals surface area contributed by atoms with Crippen LogP contribution in [0.25, 0.3) is 0 Å². The van der Waals surface area contributed by atoms with Crippen molar-refractivity contribution >= 4 is 11.8 Å². The van der Waals surface area contributed by atoms with Crippen molar-refractivity contribution in [1.29, 1.82) is 0 Å². The lowest BCUT2D eigenvalue weighted by Gasteiger charge is -2.30. The molecule has 174 valence electrons. The molecular formula is C22H27F3N4O3. The minimum atomic E-state index is -4.39. The summed E-state index contributed by atoms with van der Waals surface area (Å²) in [6, 6.07) is 4.64. The Kier molecular flexibility index (Phi) is 7.52. The average Bonchev–Trinajstić information content (AvgIpc) is 3.10. The van der Waals surface area contributed by atoms with E-state index in [1.807, 2.05) is 0 Å². The Balaban J connectivity index is 1.53. The number of aryl methyl sites for hydroxylation is 1. The van der Waals surface area contributed by atoms with Gasteiger partial charge in [-0.15, -0.1) is 0 Å². The Morgan fingerprint density at radius 2 is 1.75 bits per heavy atom. The van der Waals surface area contributed by atoms with Crippen molar-refractivity contribution < 1.29 is 27.3 Å². The molecule has 1 saturated carbocycles. The summed E-state index contributed by atoms with van der Waals surface area (Å²) in [5, 5.41) is 9.76. The second-order valence-corrected chi connectivity index (χ2v) is 8.16. The summed E-state index contributed by atoms with van der Waals surface area (Å²) >= 11 is 0. The fraction of sp³-hybridized carbons (Fsp3) is 0.545. The Labute approximate surface area is 184 Å². The summed E-state index contributed by atoms with van der Waals surface area (Å²) in [4.78, 5) is 28.4. The number of alkyl halides is 3. The molecule has 0 aliphatic heterocycles. The van der Waals surface area contributed by atoms with Gasteiger partial charge in [0, 0.05) is 26.3 Å². The molecule has 10 heteroatoms. The molecule has 0 saturated heterocycles. The third-order valence-corrected chi connectivity index (χ3v) is 5.61. The molecule has 2 aromatic rings. The molecule has 0 bridgehead atoms. The SMILES string of the molecule is CC(=O)NC1(c2noc(CCC(=O)NCc3ccc(C(F)(F)F)cc3)n2)CCCCCC1. The largest absolute Gasteiger partial charge is 0.416 e. The van der Waals surface area contributed by atoms with Gasteiger partial charge < -0.3 is 15.2 Å². The number of aromatic nitrogens is 2. The van der Waals surface area contributed by atoms with Crippen LogP contribution < -0.4 is 10.6 Å². The number of benzene rings is 1. The average molecular weight is 452 g/mol. The van der Waals surface area contributed by atoms with Crippen molar-refractivity contribution in [2.24, 2.45) is 0 Å². The van der Waals surface area contributed by atoms with Crippen LogP contribution in [0.1, 0.15) is 74.7 Å². The van der Waals surface area contributed by atoms with Crippen LogP contribution in [-0.4, -0.2) is 22.0 Å². The van der Waals surface area contributed by atoms with Crippen LogP contribution in [-0.2, 0) is 34.3 Å². The van der Waals surface area contributed by atoms with E-state index >= 15 is 0 Å². The van der Waals surface area contributed by atoms with Gasteiger partial charge in [-0.25, -0.2) is 0 Å². The zero-order valence-corrected chi connectivity index (χ0v) is 17.9. The molecular weight excluding hydrogens is 425 g/mol. The summed E-state index contributed by atoms with van der Waals surface area (Å²) in [5.74, 6) is 0.310. The summed E-state index contributed by atoms with van der Waals surface area (Å²) in [5.41, 5.74) is -0.808. The highest BCUT2D eigenvalue weighted by atomic mass is 19.4. The fourth-order valence-electron chi connectivity index (χ4n) is 3.95. The van der Waals surface area contributed by atoms with E-state index in [9.17, 15) is 22.8 Å². The lowest BCUT2D eigenvalue weighted by molar-refractivity contribution is -0.137. The van der Waals surface area contributed by atoms with Crippen LogP contribution in [0, 0.1) is 0 Å². The third kappa shape index (κ3) is 6.30. The molecule has 2 N–H and O–H groups in total. The third-order valence-electron chi connectivity index (χ3n) is 5.61. The normalized spacial score (nSPS) is 16.2. The van der Waals surface area contributed by atoms with Gasteiger partial charge in [0.1, 0.15) is 5.54 Å². The molecule has 1 aromatic carbocycles. The van der Waals surface area contributed by atoms with Crippen molar-refractivity contribution in [2.75, 3.05) is 0 Å². The van der Waals surface area contributed by atoms with Crippen LogP contribution in [0.4, 0.5) is 13.2 Å². The Morgan fingerprint density at radius 3 is 2.34 bits per heavy atom. The van der Waals surface area contributed by atoms with E-state index in [1.54, 1.807) is 0 Å². The first-order chi connectivity index (χ1) is 15.2. The minimum absolute atomic E-state index is 0.0927. The molecule has 2 amide bonds. The second-order valence-electron chi connectivity index (χ2n) is 8.16. The highest BCUT2D eigenvalue weighted by molar-refractivity contribution is 5.76. The van der Waals surface area contributed by atoms with Gasteiger partial charge in [-0.3, -0.25) is 9.59 Å². The number of halogens is 3. The molecule has 0 radical (unpaired) electrons. The van der Waals surface area contributed by atoms with Gasteiger partial charge in [0.15, 0.2) is 5.82 Å². The number of rotatable bonds is 7. The number of nitrogens with zero attached hydrogens (tertiary/aromatic N) is 2. The smallest absolute Gasteiger partial charge is 0.352 e. The molecule has 1 heterocycles. The standard InChI is InChI=1S/C22H27F3N4O3/c1-15(30)28-21(12-4-2-3-5-13-21)20-27-19(32-29-20)11-10-18(31)26-14-16-6-8-17(9-7-16)22(23,24)25/h6-9H,2-5,10-14H2,1H3,(H,26,31)(H,28,30). The van der Waals surface area contributed by atoms with E-state index in [0.29, 0.717) is 17.3 Å². The van der Waals surface area contributed by atoms with Gasteiger partial charge in [0.05, 0.1) is 5.56 Å². The zero-order valence-electron chi connectivity index (χ0n) is 17.9. The Bertz CT molecular complexity index is 917. The van der Waals surface area contributed by atoms with Crippen LogP contribution in [0.3, 0.4) is 0 Å². The fourth-order valence-corrected chi connectivity index (χ4v) is 3.95. The van der Waals surface area contributed by atoms with Crippen molar-refractivity contribution in [3.05, 3.63) is 47.1 Å². The lowest BCUT2D eigenvalue weighted by atomic mass is 9.89. The zero-order chi connectivity index (χ0) is 23.2. The van der Waals surface area contributed by atoms with Crippen molar-refractivity contribution in [3.63, 3.8) is 0 Å². The first kappa shape index (κ1) is 23.7. The Morgan fingerprint density at radius 1 is 1.09 bits per heavy atom. The molecule has 0 unspecified atom stereocenters. The van der Waals surface area contributed by atoms with Crippen LogP contribution in [0.2, 0.25) is 0 Å². The second kappa shape index (κ2) is 10.1. The topological polar surface area (TPSA) is 97.1 Å². The van der Waals surface area contributed by atoms with E-state index < -0.39 is 17.3 Å². The molecule has 7 nitrogen and oxygen atoms in total. The summed E-state index contributed by atoms with van der Waals surface area (Å²) < 4.78 is 43.2. The highest BCUT2D eigenvalue weighted by Crippen LogP contribution is 2.34. The number of nitrogens with one attached hydrogen (secondary N) is 2. The molecule has 1 fully saturated rings. The molecule has 1 aliphatic rings. The van der Waals surface area contributed by atoms with Crippen molar-refractivity contribution in [2.45, 2.75) is 76.6 Å². The maximum atomic E-state index is 12.6. The maximum absolute atomic E-state index is 12.6. The van der Waals surface area contributed by atoms with E-state index in [0.717, 1.165) is 50.7 Å². The van der Waals surface area contributed by atoms with Crippen molar-refractivity contribution in [1.82, 2.24) is 20.8 Å². The van der Waals surface area contributed by atoms with E-state index in [-0.39, 0.29) is 31.2 Å². The summed E-state index contributed by atoms with van der Waals surface area (Å²) in [6.45, 7) is 1.59. The summed E-state index contributed by atoms with van der Waals surface area (Å²) in [7, 11) is 0. The van der Waals surface area contributed by atoms with E-state index in [4.69, 9.17) is 4.52 Å². The predicted octanol–water partition coefficient (Wildman–Crippen LogP) is 4.02. The van der Waals surface area contributed by atoms with Gasteiger partial charge in [0.25, 0.3) is 0 Å². The predicted molar refractivity (Wildman–Crippen MR) is 109 cm³/mol. The summed E-state index contributed by atoms with van der Waals surface area (Å²) in [6.07, 6.45) is 1.49. The van der Waals surface area contributed by atoms with Crippen LogP contribution in [0.15, 0.2) is 28.8 Å². The van der Waals surface area contributed by atoms with Gasteiger partial charge in [0.2, 0.25) is 17.7 Å². The molecule has 32 heavy (non-hydrogen) atoms. The molecule has 3 rings (SSSR count). The van der Waals surface area contributed by atoms with Gasteiger partial charge in [-0.2, -0.15) is 18.2 Å². The first-order valence-electron chi connectivity index (χ1n) is 10.7. The minimum Gasteiger partial charge on any atom is -0.352 e. The lowest BCUT2D eigenvalue weighted by Crippen LogP contribution is -2.45. The van der Waals surface area contributed by atoms with Crippen LogP contribution >= 0.6 is 0 Å². The van der Waals surface area contributed by atoms with Crippen LogP contribution in [0.5, 0.6) is 0 Å². The van der Waals surface area contributed by atoms with Crippen molar-refractivity contribution in [3.8, 4) is 0 Å². The van der Waals surface area contributed by atoms with E-state index in [2.05, 4.69) is 20.8 Å². The quantitative estimate of drug-likeness (QED) is 0.619. The monoisotopic (exact) mass is 452 g/mol. The number of hydrogen-bond donors (Lipinski definition) is 2. The van der Waals surface area contributed by atoms with Gasteiger partial charge >= 0.3 is 6.18 Å². The number of carbonyl (C=O) groups is 2. The molecule has 0 spiro atoms. The Hall–Kier alpha value is -2.91. The highest BCUT2D eigenvalue weighted by Gasteiger charge is 2.38. The number of amides is 2. The maximum Gasteiger partial charge on any atom is 0.416 e. The molecule has 1 aromatic heterocycles. The van der Waals surface area contributed by atoms with Gasteiger partial charge in [-0.05, 0) is 30.5 Å². The number of carbonyl (C=O) groups excluding carboxylic acids is 2. The van der Waals surface area contributed by atoms with E-state index in [1.165, 1.54) is 19.1 Å².